The summed E-state index contributed by atoms with van der Waals surface area (Å²) >= 11 is 0. The zero-order chi connectivity index (χ0) is 12.5. The molecule has 1 aromatic heterocycles. The second-order valence-electron chi connectivity index (χ2n) is 4.95. The van der Waals surface area contributed by atoms with E-state index in [2.05, 4.69) is 10.3 Å². The number of rotatable bonds is 3. The molecule has 4 nitrogen and oxygen atoms in total. The van der Waals surface area contributed by atoms with Crippen molar-refractivity contribution in [3.05, 3.63) is 36.0 Å². The van der Waals surface area contributed by atoms with E-state index < -0.39 is 0 Å². The minimum atomic E-state index is 0.0555. The van der Waals surface area contributed by atoms with Crippen LogP contribution >= 0.6 is 0 Å². The molecule has 0 spiro atoms. The normalized spacial score (nSPS) is 22.7. The molecule has 2 unspecified atom stereocenters. The van der Waals surface area contributed by atoms with Crippen molar-refractivity contribution in [1.82, 2.24) is 10.3 Å². The van der Waals surface area contributed by atoms with Crippen molar-refractivity contribution < 1.29 is 4.79 Å². The summed E-state index contributed by atoms with van der Waals surface area (Å²) in [7, 11) is 0. The second-order valence-corrected chi connectivity index (χ2v) is 4.95. The summed E-state index contributed by atoms with van der Waals surface area (Å²) in [5, 5.41) is 4.11. The van der Waals surface area contributed by atoms with E-state index in [0.29, 0.717) is 6.42 Å². The molecule has 1 aromatic carbocycles. The fourth-order valence-corrected chi connectivity index (χ4v) is 2.41. The van der Waals surface area contributed by atoms with Gasteiger partial charge in [0, 0.05) is 29.2 Å². The maximum Gasteiger partial charge on any atom is 0.224 e. The van der Waals surface area contributed by atoms with Crippen molar-refractivity contribution in [1.29, 1.82) is 0 Å². The maximum atomic E-state index is 11.9. The molecule has 3 rings (SSSR count). The molecular weight excluding hydrogens is 226 g/mol. The largest absolute Gasteiger partial charge is 0.361 e. The molecule has 0 bridgehead atoms. The van der Waals surface area contributed by atoms with Gasteiger partial charge >= 0.3 is 0 Å². The van der Waals surface area contributed by atoms with E-state index in [1.807, 2.05) is 30.5 Å². The van der Waals surface area contributed by atoms with Gasteiger partial charge in [-0.3, -0.25) is 4.79 Å². The Bertz CT molecular complexity index is 575. The lowest BCUT2D eigenvalue weighted by molar-refractivity contribution is -0.121. The second kappa shape index (κ2) is 4.46. The van der Waals surface area contributed by atoms with E-state index in [1.165, 1.54) is 0 Å². The first-order valence-electron chi connectivity index (χ1n) is 6.34. The van der Waals surface area contributed by atoms with Gasteiger partial charge in [0.2, 0.25) is 5.91 Å². The molecule has 1 aliphatic rings. The Hall–Kier alpha value is -1.81. The number of carbonyl (C=O) groups excluding carboxylic acids is 1. The third-order valence-corrected chi connectivity index (χ3v) is 3.70. The van der Waals surface area contributed by atoms with Gasteiger partial charge in [0.25, 0.3) is 0 Å². The Balaban J connectivity index is 1.70. The monoisotopic (exact) mass is 243 g/mol. The van der Waals surface area contributed by atoms with Gasteiger partial charge in [-0.25, -0.2) is 0 Å². The Morgan fingerprint density at radius 3 is 2.94 bits per heavy atom. The summed E-state index contributed by atoms with van der Waals surface area (Å²) in [6.45, 7) is 0. The molecule has 18 heavy (non-hydrogen) atoms. The van der Waals surface area contributed by atoms with Gasteiger partial charge in [-0.15, -0.1) is 0 Å². The van der Waals surface area contributed by atoms with Crippen molar-refractivity contribution >= 4 is 16.8 Å². The first-order valence-corrected chi connectivity index (χ1v) is 6.34. The number of benzene rings is 1. The van der Waals surface area contributed by atoms with E-state index >= 15 is 0 Å². The lowest BCUT2D eigenvalue weighted by atomic mass is 9.87. The lowest BCUT2D eigenvalue weighted by Gasteiger charge is -2.34. The molecule has 0 saturated heterocycles. The molecule has 4 heteroatoms. The first-order chi connectivity index (χ1) is 8.74. The van der Waals surface area contributed by atoms with Crippen molar-refractivity contribution in [2.24, 2.45) is 5.73 Å². The van der Waals surface area contributed by atoms with Gasteiger partial charge in [0.1, 0.15) is 0 Å². The lowest BCUT2D eigenvalue weighted by Crippen LogP contribution is -2.54. The number of H-pyrrole nitrogens is 1. The van der Waals surface area contributed by atoms with Gasteiger partial charge in [0.15, 0.2) is 0 Å². The number of aromatic nitrogens is 1. The number of amides is 1. The highest BCUT2D eigenvalue weighted by Crippen LogP contribution is 2.20. The first kappa shape index (κ1) is 11.3. The number of hydrogen-bond acceptors (Lipinski definition) is 2. The van der Waals surface area contributed by atoms with Gasteiger partial charge < -0.3 is 16.0 Å². The Kier molecular flexibility index (Phi) is 2.80. The van der Waals surface area contributed by atoms with Crippen molar-refractivity contribution in [2.45, 2.75) is 31.3 Å². The van der Waals surface area contributed by atoms with E-state index in [1.54, 1.807) is 0 Å². The van der Waals surface area contributed by atoms with Gasteiger partial charge in [-0.05, 0) is 24.5 Å². The number of para-hydroxylation sites is 1. The smallest absolute Gasteiger partial charge is 0.224 e. The summed E-state index contributed by atoms with van der Waals surface area (Å²) < 4.78 is 0. The van der Waals surface area contributed by atoms with E-state index in [-0.39, 0.29) is 18.0 Å². The van der Waals surface area contributed by atoms with Crippen LogP contribution in [0.2, 0.25) is 0 Å². The maximum absolute atomic E-state index is 11.9. The van der Waals surface area contributed by atoms with E-state index in [4.69, 9.17) is 5.73 Å². The molecule has 2 aromatic rings. The fourth-order valence-electron chi connectivity index (χ4n) is 2.41. The van der Waals surface area contributed by atoms with Crippen molar-refractivity contribution in [3.8, 4) is 0 Å². The summed E-state index contributed by atoms with van der Waals surface area (Å²) in [6.07, 6.45) is 4.33. The predicted molar refractivity (Wildman–Crippen MR) is 71.1 cm³/mol. The molecule has 1 fully saturated rings. The molecule has 1 aliphatic carbocycles. The van der Waals surface area contributed by atoms with Gasteiger partial charge in [-0.1, -0.05) is 18.2 Å². The van der Waals surface area contributed by atoms with Crippen molar-refractivity contribution in [2.75, 3.05) is 0 Å². The molecule has 4 N–H and O–H groups in total. The number of fused-ring (bicyclic) bond motifs is 1. The highest BCUT2D eigenvalue weighted by molar-refractivity contribution is 5.88. The average molecular weight is 243 g/mol. The molecule has 1 saturated carbocycles. The van der Waals surface area contributed by atoms with E-state index in [9.17, 15) is 4.79 Å². The molecule has 2 atom stereocenters. The zero-order valence-electron chi connectivity index (χ0n) is 10.1. The molecule has 94 valence electrons. The Labute approximate surface area is 106 Å². The summed E-state index contributed by atoms with van der Waals surface area (Å²) in [4.78, 5) is 15.1. The topological polar surface area (TPSA) is 70.9 Å². The molecular formula is C14H17N3O. The predicted octanol–water partition coefficient (Wildman–Crippen LogP) is 1.32. The van der Waals surface area contributed by atoms with Crippen LogP contribution in [0.25, 0.3) is 10.9 Å². The minimum Gasteiger partial charge on any atom is -0.361 e. The van der Waals surface area contributed by atoms with Crippen LogP contribution < -0.4 is 11.1 Å². The van der Waals surface area contributed by atoms with E-state index in [0.717, 1.165) is 29.3 Å². The van der Waals surface area contributed by atoms with Crippen LogP contribution in [0.15, 0.2) is 30.5 Å². The number of nitrogens with two attached hydrogens (primary N) is 1. The number of hydrogen-bond donors (Lipinski definition) is 3. The molecule has 1 heterocycles. The highest BCUT2D eigenvalue weighted by atomic mass is 16.1. The van der Waals surface area contributed by atoms with Crippen LogP contribution in [0.3, 0.4) is 0 Å². The number of carbonyl (C=O) groups is 1. The summed E-state index contributed by atoms with van der Waals surface area (Å²) in [5.74, 6) is 0.0555. The molecule has 0 radical (unpaired) electrons. The Morgan fingerprint density at radius 2 is 2.22 bits per heavy atom. The standard InChI is InChI=1S/C14H17N3O/c15-11-5-6-13(11)17-14(18)7-9-8-16-12-4-2-1-3-10(9)12/h1-4,8,11,13,16H,5-7,15H2,(H,17,18). The van der Waals surface area contributed by atoms with Crippen LogP contribution in [-0.4, -0.2) is 23.0 Å². The molecule has 1 amide bonds. The summed E-state index contributed by atoms with van der Waals surface area (Å²) in [5.41, 5.74) is 7.92. The Morgan fingerprint density at radius 1 is 1.39 bits per heavy atom. The molecule has 0 aliphatic heterocycles. The average Bonchev–Trinajstić information content (AvgIpc) is 2.78. The zero-order valence-corrected chi connectivity index (χ0v) is 10.1. The third-order valence-electron chi connectivity index (χ3n) is 3.70. The third kappa shape index (κ3) is 1.99. The SMILES string of the molecule is NC1CCC1NC(=O)Cc1c[nH]c2ccccc12. The quantitative estimate of drug-likeness (QED) is 0.760. The number of aromatic amines is 1. The van der Waals surface area contributed by atoms with Gasteiger partial charge in [0.05, 0.1) is 6.42 Å². The van der Waals surface area contributed by atoms with Crippen LogP contribution in [0, 0.1) is 0 Å². The minimum absolute atomic E-state index is 0.0555. The van der Waals surface area contributed by atoms with Gasteiger partial charge in [-0.2, -0.15) is 0 Å². The number of nitrogens with one attached hydrogen (secondary N) is 2. The highest BCUT2D eigenvalue weighted by Gasteiger charge is 2.28. The van der Waals surface area contributed by atoms with Crippen LogP contribution in [0.5, 0.6) is 0 Å². The summed E-state index contributed by atoms with van der Waals surface area (Å²) in [6, 6.07) is 8.32. The fraction of sp³-hybridized carbons (Fsp3) is 0.357. The van der Waals surface area contributed by atoms with Crippen LogP contribution in [0.4, 0.5) is 0 Å². The van der Waals surface area contributed by atoms with Crippen LogP contribution in [-0.2, 0) is 11.2 Å². The van der Waals surface area contributed by atoms with Crippen LogP contribution in [0.1, 0.15) is 18.4 Å². The van der Waals surface area contributed by atoms with Crippen molar-refractivity contribution in [3.63, 3.8) is 0 Å².